The summed E-state index contributed by atoms with van der Waals surface area (Å²) in [7, 11) is 1.33. The zero-order chi connectivity index (χ0) is 13.1. The van der Waals surface area contributed by atoms with Gasteiger partial charge < -0.3 is 15.4 Å². The standard InChI is InChI=1S/C12H18N4O2/c1-8-5-10(15-11(14-8)12(17)18-2)16-4-3-9(6-13)7-16/h5,9H,3-4,6-7,13H2,1-2H3. The minimum Gasteiger partial charge on any atom is -0.463 e. The lowest BCUT2D eigenvalue weighted by molar-refractivity contribution is 0.0586. The minimum atomic E-state index is -0.505. The van der Waals surface area contributed by atoms with Crippen LogP contribution in [0.4, 0.5) is 5.82 Å². The summed E-state index contributed by atoms with van der Waals surface area (Å²) in [6.07, 6.45) is 1.06. The van der Waals surface area contributed by atoms with Crippen molar-refractivity contribution < 1.29 is 9.53 Å². The van der Waals surface area contributed by atoms with Crippen LogP contribution in [0.5, 0.6) is 0 Å². The molecule has 2 rings (SSSR count). The summed E-state index contributed by atoms with van der Waals surface area (Å²) in [6, 6.07) is 1.88. The van der Waals surface area contributed by atoms with E-state index < -0.39 is 5.97 Å². The normalized spacial score (nSPS) is 19.1. The van der Waals surface area contributed by atoms with E-state index in [1.165, 1.54) is 7.11 Å². The minimum absolute atomic E-state index is 0.115. The molecule has 98 valence electrons. The SMILES string of the molecule is COC(=O)c1nc(C)cc(N2CCC(CN)C2)n1. The van der Waals surface area contributed by atoms with Crippen LogP contribution in [0.2, 0.25) is 0 Å². The first kappa shape index (κ1) is 12.8. The Morgan fingerprint density at radius 1 is 1.61 bits per heavy atom. The second kappa shape index (κ2) is 5.30. The molecule has 0 saturated carbocycles. The number of esters is 1. The maximum atomic E-state index is 11.5. The van der Waals surface area contributed by atoms with Crippen LogP contribution in [0.3, 0.4) is 0 Å². The van der Waals surface area contributed by atoms with E-state index in [1.807, 2.05) is 13.0 Å². The monoisotopic (exact) mass is 250 g/mol. The molecule has 0 spiro atoms. The Morgan fingerprint density at radius 2 is 2.39 bits per heavy atom. The van der Waals surface area contributed by atoms with Crippen molar-refractivity contribution in [2.75, 3.05) is 31.6 Å². The third kappa shape index (κ3) is 2.59. The van der Waals surface area contributed by atoms with Crippen molar-refractivity contribution in [1.82, 2.24) is 9.97 Å². The molecule has 2 N–H and O–H groups in total. The van der Waals surface area contributed by atoms with E-state index in [2.05, 4.69) is 19.6 Å². The average molecular weight is 250 g/mol. The highest BCUT2D eigenvalue weighted by Gasteiger charge is 2.23. The molecule has 0 aromatic carbocycles. The third-order valence-corrected chi connectivity index (χ3v) is 3.15. The highest BCUT2D eigenvalue weighted by Crippen LogP contribution is 2.22. The van der Waals surface area contributed by atoms with Gasteiger partial charge in [-0.1, -0.05) is 0 Å². The summed E-state index contributed by atoms with van der Waals surface area (Å²) in [5.74, 6) is 0.888. The Hall–Kier alpha value is -1.69. The van der Waals surface area contributed by atoms with Gasteiger partial charge in [-0.2, -0.15) is 0 Å². The van der Waals surface area contributed by atoms with E-state index in [1.54, 1.807) is 0 Å². The highest BCUT2D eigenvalue weighted by molar-refractivity contribution is 5.85. The van der Waals surface area contributed by atoms with Crippen molar-refractivity contribution in [2.45, 2.75) is 13.3 Å². The predicted molar refractivity (Wildman–Crippen MR) is 67.5 cm³/mol. The van der Waals surface area contributed by atoms with Crippen molar-refractivity contribution in [1.29, 1.82) is 0 Å². The van der Waals surface area contributed by atoms with Crippen molar-refractivity contribution in [3.63, 3.8) is 0 Å². The number of hydrogen-bond acceptors (Lipinski definition) is 6. The van der Waals surface area contributed by atoms with Crippen LogP contribution < -0.4 is 10.6 Å². The first-order valence-electron chi connectivity index (χ1n) is 6.03. The van der Waals surface area contributed by atoms with E-state index in [0.717, 1.165) is 31.0 Å². The van der Waals surface area contributed by atoms with E-state index in [0.29, 0.717) is 12.5 Å². The number of ether oxygens (including phenoxy) is 1. The largest absolute Gasteiger partial charge is 0.463 e. The molecule has 2 heterocycles. The Morgan fingerprint density at radius 3 is 3.00 bits per heavy atom. The fourth-order valence-electron chi connectivity index (χ4n) is 2.13. The van der Waals surface area contributed by atoms with Crippen LogP contribution >= 0.6 is 0 Å². The Bertz CT molecular complexity index is 450. The Kier molecular flexibility index (Phi) is 3.76. The molecular weight excluding hydrogens is 232 g/mol. The summed E-state index contributed by atoms with van der Waals surface area (Å²) in [4.78, 5) is 21.9. The quantitative estimate of drug-likeness (QED) is 0.780. The summed E-state index contributed by atoms with van der Waals surface area (Å²) in [6.45, 7) is 4.32. The highest BCUT2D eigenvalue weighted by atomic mass is 16.5. The molecule has 1 unspecified atom stereocenters. The molecule has 1 aliphatic rings. The number of carbonyl (C=O) groups is 1. The fraction of sp³-hybridized carbons (Fsp3) is 0.583. The summed E-state index contributed by atoms with van der Waals surface area (Å²) in [5, 5.41) is 0. The second-order valence-electron chi connectivity index (χ2n) is 4.52. The van der Waals surface area contributed by atoms with Gasteiger partial charge in [0.25, 0.3) is 0 Å². The number of hydrogen-bond donors (Lipinski definition) is 1. The molecule has 1 fully saturated rings. The number of aryl methyl sites for hydroxylation is 1. The lowest BCUT2D eigenvalue weighted by atomic mass is 10.1. The van der Waals surface area contributed by atoms with E-state index >= 15 is 0 Å². The van der Waals surface area contributed by atoms with Crippen molar-refractivity contribution in [3.05, 3.63) is 17.6 Å². The van der Waals surface area contributed by atoms with E-state index in [9.17, 15) is 4.79 Å². The number of methoxy groups -OCH3 is 1. The average Bonchev–Trinajstić information content (AvgIpc) is 2.85. The van der Waals surface area contributed by atoms with Crippen LogP contribution in [0, 0.1) is 12.8 Å². The topological polar surface area (TPSA) is 81.3 Å². The molecule has 6 heteroatoms. The Labute approximate surface area is 106 Å². The molecule has 1 aromatic heterocycles. The molecule has 1 aliphatic heterocycles. The van der Waals surface area contributed by atoms with Gasteiger partial charge in [0.05, 0.1) is 7.11 Å². The number of aromatic nitrogens is 2. The Balaban J connectivity index is 2.23. The van der Waals surface area contributed by atoms with Gasteiger partial charge in [-0.25, -0.2) is 14.8 Å². The van der Waals surface area contributed by atoms with Crippen molar-refractivity contribution in [3.8, 4) is 0 Å². The number of nitrogens with zero attached hydrogens (tertiary/aromatic N) is 3. The molecule has 1 aromatic rings. The van der Waals surface area contributed by atoms with Crippen molar-refractivity contribution in [2.24, 2.45) is 11.7 Å². The van der Waals surface area contributed by atoms with Crippen LogP contribution in [0.1, 0.15) is 22.7 Å². The van der Waals surface area contributed by atoms with Gasteiger partial charge in [0.15, 0.2) is 0 Å². The fourth-order valence-corrected chi connectivity index (χ4v) is 2.13. The lowest BCUT2D eigenvalue weighted by Gasteiger charge is -2.18. The second-order valence-corrected chi connectivity index (χ2v) is 4.52. The van der Waals surface area contributed by atoms with Gasteiger partial charge in [0.1, 0.15) is 5.82 Å². The number of nitrogens with two attached hydrogens (primary N) is 1. The molecule has 1 saturated heterocycles. The maximum Gasteiger partial charge on any atom is 0.376 e. The third-order valence-electron chi connectivity index (χ3n) is 3.15. The van der Waals surface area contributed by atoms with E-state index in [-0.39, 0.29) is 5.82 Å². The van der Waals surface area contributed by atoms with Gasteiger partial charge in [0, 0.05) is 24.8 Å². The summed E-state index contributed by atoms with van der Waals surface area (Å²) in [5.41, 5.74) is 6.43. The van der Waals surface area contributed by atoms with Crippen LogP contribution in [0.15, 0.2) is 6.07 Å². The molecule has 0 bridgehead atoms. The van der Waals surface area contributed by atoms with Crippen LogP contribution in [-0.2, 0) is 4.74 Å². The molecule has 6 nitrogen and oxygen atoms in total. The smallest absolute Gasteiger partial charge is 0.376 e. The molecule has 0 aliphatic carbocycles. The van der Waals surface area contributed by atoms with Crippen LogP contribution in [0.25, 0.3) is 0 Å². The lowest BCUT2D eigenvalue weighted by Crippen LogP contribution is -2.24. The summed E-state index contributed by atoms with van der Waals surface area (Å²) >= 11 is 0. The number of rotatable bonds is 3. The molecule has 1 atom stereocenters. The van der Waals surface area contributed by atoms with Gasteiger partial charge >= 0.3 is 5.97 Å². The summed E-state index contributed by atoms with van der Waals surface area (Å²) < 4.78 is 4.65. The van der Waals surface area contributed by atoms with Gasteiger partial charge in [-0.3, -0.25) is 0 Å². The predicted octanol–water partition coefficient (Wildman–Crippen LogP) is 0.357. The van der Waals surface area contributed by atoms with Gasteiger partial charge in [-0.15, -0.1) is 0 Å². The van der Waals surface area contributed by atoms with Crippen LogP contribution in [-0.4, -0.2) is 42.7 Å². The molecular formula is C12H18N4O2. The number of anilines is 1. The first-order valence-corrected chi connectivity index (χ1v) is 6.03. The maximum absolute atomic E-state index is 11.5. The first-order chi connectivity index (χ1) is 8.63. The number of carbonyl (C=O) groups excluding carboxylic acids is 1. The molecule has 0 radical (unpaired) electrons. The van der Waals surface area contributed by atoms with E-state index in [4.69, 9.17) is 5.73 Å². The van der Waals surface area contributed by atoms with Crippen molar-refractivity contribution >= 4 is 11.8 Å². The van der Waals surface area contributed by atoms with Gasteiger partial charge in [-0.05, 0) is 25.8 Å². The molecule has 18 heavy (non-hydrogen) atoms. The zero-order valence-corrected chi connectivity index (χ0v) is 10.7. The zero-order valence-electron chi connectivity index (χ0n) is 10.7. The molecule has 0 amide bonds. The van der Waals surface area contributed by atoms with Gasteiger partial charge in [0.2, 0.25) is 5.82 Å².